The zero-order valence-electron chi connectivity index (χ0n) is 10.7. The third-order valence-corrected chi connectivity index (χ3v) is 3.75. The number of fused-ring (bicyclic) bond motifs is 1. The van der Waals surface area contributed by atoms with Gasteiger partial charge in [0.05, 0.1) is 7.11 Å². The number of hydrogen-bond acceptors (Lipinski definition) is 4. The molecule has 0 amide bonds. The van der Waals surface area contributed by atoms with Gasteiger partial charge < -0.3 is 15.4 Å². The van der Waals surface area contributed by atoms with E-state index in [4.69, 9.17) is 4.74 Å². The van der Waals surface area contributed by atoms with E-state index in [1.165, 1.54) is 24.1 Å². The summed E-state index contributed by atoms with van der Waals surface area (Å²) in [5.74, 6) is 1.49. The number of anilines is 1. The molecule has 1 aromatic rings. The molecular weight excluding hydrogens is 226 g/mol. The SMILES string of the molecule is COc1ccc2c(c1)NCN=C2C1CCNCC1. The highest BCUT2D eigenvalue weighted by Gasteiger charge is 2.24. The van der Waals surface area contributed by atoms with E-state index in [1.54, 1.807) is 7.11 Å². The van der Waals surface area contributed by atoms with Crippen LogP contribution in [-0.4, -0.2) is 32.6 Å². The summed E-state index contributed by atoms with van der Waals surface area (Å²) in [5.41, 5.74) is 3.67. The standard InChI is InChI=1S/C14H19N3O/c1-18-11-2-3-12-13(8-11)16-9-17-14(12)10-4-6-15-7-5-10/h2-3,8,10,15-16H,4-7,9H2,1H3. The van der Waals surface area contributed by atoms with Gasteiger partial charge in [-0.2, -0.15) is 0 Å². The molecule has 1 saturated heterocycles. The minimum Gasteiger partial charge on any atom is -0.497 e. The average molecular weight is 245 g/mol. The van der Waals surface area contributed by atoms with Gasteiger partial charge in [-0.1, -0.05) is 0 Å². The van der Waals surface area contributed by atoms with Crippen molar-refractivity contribution >= 4 is 11.4 Å². The van der Waals surface area contributed by atoms with E-state index in [9.17, 15) is 0 Å². The monoisotopic (exact) mass is 245 g/mol. The Balaban J connectivity index is 1.91. The summed E-state index contributed by atoms with van der Waals surface area (Å²) in [4.78, 5) is 4.69. The number of benzene rings is 1. The fourth-order valence-corrected chi connectivity index (χ4v) is 2.76. The summed E-state index contributed by atoms with van der Waals surface area (Å²) in [7, 11) is 1.70. The number of nitrogens with zero attached hydrogens (tertiary/aromatic N) is 1. The van der Waals surface area contributed by atoms with Gasteiger partial charge in [0.1, 0.15) is 12.4 Å². The van der Waals surface area contributed by atoms with Crippen molar-refractivity contribution in [3.63, 3.8) is 0 Å². The molecule has 0 aliphatic carbocycles. The summed E-state index contributed by atoms with van der Waals surface area (Å²) in [6, 6.07) is 6.20. The van der Waals surface area contributed by atoms with Crippen molar-refractivity contribution in [1.29, 1.82) is 0 Å². The van der Waals surface area contributed by atoms with Crippen molar-refractivity contribution in [2.45, 2.75) is 12.8 Å². The number of ether oxygens (including phenoxy) is 1. The molecule has 1 fully saturated rings. The molecule has 0 atom stereocenters. The molecule has 96 valence electrons. The largest absolute Gasteiger partial charge is 0.497 e. The van der Waals surface area contributed by atoms with Crippen LogP contribution in [0.2, 0.25) is 0 Å². The zero-order valence-corrected chi connectivity index (χ0v) is 10.7. The lowest BCUT2D eigenvalue weighted by Gasteiger charge is -2.28. The van der Waals surface area contributed by atoms with Crippen LogP contribution in [0.15, 0.2) is 23.2 Å². The topological polar surface area (TPSA) is 45.6 Å². The number of nitrogens with one attached hydrogen (secondary N) is 2. The molecule has 2 heterocycles. The quantitative estimate of drug-likeness (QED) is 0.836. The van der Waals surface area contributed by atoms with Crippen molar-refractivity contribution in [2.24, 2.45) is 10.9 Å². The average Bonchev–Trinajstić information content (AvgIpc) is 2.47. The van der Waals surface area contributed by atoms with Crippen molar-refractivity contribution in [2.75, 3.05) is 32.2 Å². The number of piperidine rings is 1. The maximum absolute atomic E-state index is 5.27. The number of methoxy groups -OCH3 is 1. The second kappa shape index (κ2) is 4.98. The highest BCUT2D eigenvalue weighted by molar-refractivity contribution is 6.07. The van der Waals surface area contributed by atoms with Gasteiger partial charge in [0.25, 0.3) is 0 Å². The summed E-state index contributed by atoms with van der Waals surface area (Å²) < 4.78 is 5.27. The van der Waals surface area contributed by atoms with E-state index >= 15 is 0 Å². The van der Waals surface area contributed by atoms with Crippen LogP contribution in [0.5, 0.6) is 5.75 Å². The molecule has 0 spiro atoms. The minimum absolute atomic E-state index is 0.598. The lowest BCUT2D eigenvalue weighted by atomic mass is 9.87. The minimum atomic E-state index is 0.598. The molecule has 0 aromatic heterocycles. The van der Waals surface area contributed by atoms with Gasteiger partial charge in [0.2, 0.25) is 0 Å². The Morgan fingerprint density at radius 3 is 2.89 bits per heavy atom. The third-order valence-electron chi connectivity index (χ3n) is 3.75. The van der Waals surface area contributed by atoms with Crippen LogP contribution in [0.1, 0.15) is 18.4 Å². The van der Waals surface area contributed by atoms with E-state index < -0.39 is 0 Å². The number of rotatable bonds is 2. The van der Waals surface area contributed by atoms with Crippen LogP contribution in [0.4, 0.5) is 5.69 Å². The second-order valence-corrected chi connectivity index (χ2v) is 4.81. The molecule has 0 unspecified atom stereocenters. The van der Waals surface area contributed by atoms with Gasteiger partial charge in [0.15, 0.2) is 0 Å². The fourth-order valence-electron chi connectivity index (χ4n) is 2.76. The smallest absolute Gasteiger partial charge is 0.120 e. The van der Waals surface area contributed by atoms with Gasteiger partial charge in [-0.3, -0.25) is 4.99 Å². The van der Waals surface area contributed by atoms with Crippen LogP contribution in [0, 0.1) is 5.92 Å². The van der Waals surface area contributed by atoms with Crippen molar-refractivity contribution < 1.29 is 4.74 Å². The molecular formula is C14H19N3O. The molecule has 0 bridgehead atoms. The van der Waals surface area contributed by atoms with E-state index in [0.29, 0.717) is 12.6 Å². The second-order valence-electron chi connectivity index (χ2n) is 4.81. The predicted molar refractivity (Wildman–Crippen MR) is 73.6 cm³/mol. The Morgan fingerprint density at radius 1 is 1.28 bits per heavy atom. The molecule has 2 N–H and O–H groups in total. The Bertz CT molecular complexity index is 464. The van der Waals surface area contributed by atoms with E-state index in [1.807, 2.05) is 6.07 Å². The first-order chi connectivity index (χ1) is 8.88. The zero-order chi connectivity index (χ0) is 12.4. The van der Waals surface area contributed by atoms with Crippen molar-refractivity contribution in [3.8, 4) is 5.75 Å². The van der Waals surface area contributed by atoms with E-state index in [-0.39, 0.29) is 0 Å². The Morgan fingerprint density at radius 2 is 2.11 bits per heavy atom. The van der Waals surface area contributed by atoms with Gasteiger partial charge in [0, 0.05) is 28.9 Å². The lowest BCUT2D eigenvalue weighted by Crippen LogP contribution is -2.33. The molecule has 18 heavy (non-hydrogen) atoms. The first-order valence-electron chi connectivity index (χ1n) is 6.56. The predicted octanol–water partition coefficient (Wildman–Crippen LogP) is 1.87. The van der Waals surface area contributed by atoms with Crippen LogP contribution >= 0.6 is 0 Å². The van der Waals surface area contributed by atoms with Crippen molar-refractivity contribution in [3.05, 3.63) is 23.8 Å². The maximum Gasteiger partial charge on any atom is 0.120 e. The molecule has 0 radical (unpaired) electrons. The van der Waals surface area contributed by atoms with Gasteiger partial charge in [-0.05, 0) is 38.1 Å². The lowest BCUT2D eigenvalue weighted by molar-refractivity contribution is 0.415. The highest BCUT2D eigenvalue weighted by atomic mass is 16.5. The van der Waals surface area contributed by atoms with Gasteiger partial charge in [-0.25, -0.2) is 0 Å². The maximum atomic E-state index is 5.27. The normalized spacial score (nSPS) is 19.7. The Labute approximate surface area is 107 Å². The highest BCUT2D eigenvalue weighted by Crippen LogP contribution is 2.30. The molecule has 2 aliphatic rings. The molecule has 0 saturated carbocycles. The summed E-state index contributed by atoms with van der Waals surface area (Å²) >= 11 is 0. The van der Waals surface area contributed by atoms with Crippen LogP contribution in [0.3, 0.4) is 0 Å². The van der Waals surface area contributed by atoms with Crippen LogP contribution in [0.25, 0.3) is 0 Å². The molecule has 2 aliphatic heterocycles. The first-order valence-corrected chi connectivity index (χ1v) is 6.56. The van der Waals surface area contributed by atoms with Crippen LogP contribution in [-0.2, 0) is 0 Å². The summed E-state index contributed by atoms with van der Waals surface area (Å²) in [6.45, 7) is 2.88. The molecule has 1 aromatic carbocycles. The van der Waals surface area contributed by atoms with Gasteiger partial charge in [-0.15, -0.1) is 0 Å². The molecule has 3 rings (SSSR count). The summed E-state index contributed by atoms with van der Waals surface area (Å²) in [6.07, 6.45) is 2.37. The molecule has 4 nitrogen and oxygen atoms in total. The summed E-state index contributed by atoms with van der Waals surface area (Å²) in [5, 5.41) is 6.73. The van der Waals surface area contributed by atoms with Gasteiger partial charge >= 0.3 is 0 Å². The Hall–Kier alpha value is -1.55. The molecule has 4 heteroatoms. The Kier molecular flexibility index (Phi) is 3.19. The number of hydrogen-bond donors (Lipinski definition) is 2. The van der Waals surface area contributed by atoms with E-state index in [0.717, 1.165) is 24.5 Å². The number of aliphatic imine (C=N–C) groups is 1. The third kappa shape index (κ3) is 2.08. The fraction of sp³-hybridized carbons (Fsp3) is 0.500. The van der Waals surface area contributed by atoms with Crippen molar-refractivity contribution in [1.82, 2.24) is 5.32 Å². The first kappa shape index (κ1) is 11.5. The van der Waals surface area contributed by atoms with E-state index in [2.05, 4.69) is 27.8 Å². The van der Waals surface area contributed by atoms with Crippen LogP contribution < -0.4 is 15.4 Å².